The second-order valence-electron chi connectivity index (χ2n) is 6.48. The quantitative estimate of drug-likeness (QED) is 0.254. The van der Waals surface area contributed by atoms with Gasteiger partial charge in [-0.3, -0.25) is 9.79 Å². The summed E-state index contributed by atoms with van der Waals surface area (Å²) in [6, 6.07) is 5.82. The summed E-state index contributed by atoms with van der Waals surface area (Å²) in [6.07, 6.45) is 4.51. The van der Waals surface area contributed by atoms with Crippen molar-refractivity contribution in [1.82, 2.24) is 10.2 Å². The van der Waals surface area contributed by atoms with Crippen molar-refractivity contribution in [3.63, 3.8) is 0 Å². The van der Waals surface area contributed by atoms with Crippen LogP contribution < -0.4 is 14.8 Å². The molecule has 0 spiro atoms. The highest BCUT2D eigenvalue weighted by Gasteiger charge is 2.11. The molecule has 0 aromatic heterocycles. The smallest absolute Gasteiger partial charge is 0.305 e. The van der Waals surface area contributed by atoms with Crippen LogP contribution in [0.3, 0.4) is 0 Å². The summed E-state index contributed by atoms with van der Waals surface area (Å²) in [5.41, 5.74) is 1.06. The van der Waals surface area contributed by atoms with E-state index in [-0.39, 0.29) is 5.97 Å². The highest BCUT2D eigenvalue weighted by atomic mass is 16.5. The molecular formula is C21H35N3O4. The number of hydrogen-bond acceptors (Lipinski definition) is 5. The van der Waals surface area contributed by atoms with E-state index in [9.17, 15) is 4.79 Å². The molecule has 0 radical (unpaired) electrons. The van der Waals surface area contributed by atoms with Gasteiger partial charge in [0.15, 0.2) is 5.96 Å². The first-order chi connectivity index (χ1) is 13.5. The van der Waals surface area contributed by atoms with E-state index in [1.54, 1.807) is 21.3 Å². The number of carbonyl (C=O) groups is 1. The molecule has 7 nitrogen and oxygen atoms in total. The summed E-state index contributed by atoms with van der Waals surface area (Å²) >= 11 is 0. The molecule has 158 valence electrons. The Labute approximate surface area is 169 Å². The third-order valence-electron chi connectivity index (χ3n) is 4.37. The number of nitrogens with one attached hydrogen (secondary N) is 1. The molecule has 1 aromatic rings. The number of nitrogens with zero attached hydrogens (tertiary/aromatic N) is 2. The van der Waals surface area contributed by atoms with Crippen molar-refractivity contribution in [2.24, 2.45) is 4.99 Å². The highest BCUT2D eigenvalue weighted by molar-refractivity contribution is 5.79. The van der Waals surface area contributed by atoms with Gasteiger partial charge >= 0.3 is 5.97 Å². The van der Waals surface area contributed by atoms with Crippen molar-refractivity contribution in [2.75, 3.05) is 41.5 Å². The molecule has 0 fully saturated rings. The Morgan fingerprint density at radius 2 is 1.89 bits per heavy atom. The second-order valence-corrected chi connectivity index (χ2v) is 6.48. The molecule has 0 unspecified atom stereocenters. The zero-order valence-corrected chi connectivity index (χ0v) is 17.9. The molecule has 28 heavy (non-hydrogen) atoms. The van der Waals surface area contributed by atoms with Crippen molar-refractivity contribution in [3.05, 3.63) is 23.8 Å². The zero-order chi connectivity index (χ0) is 20.8. The van der Waals surface area contributed by atoms with E-state index in [0.29, 0.717) is 19.6 Å². The van der Waals surface area contributed by atoms with Gasteiger partial charge in [-0.15, -0.1) is 0 Å². The zero-order valence-electron chi connectivity index (χ0n) is 17.9. The molecule has 0 saturated heterocycles. The first-order valence-corrected chi connectivity index (χ1v) is 9.84. The molecule has 0 atom stereocenters. The minimum atomic E-state index is -0.100. The van der Waals surface area contributed by atoms with Gasteiger partial charge in [0.2, 0.25) is 0 Å². The second kappa shape index (κ2) is 13.7. The van der Waals surface area contributed by atoms with E-state index < -0.39 is 0 Å². The largest absolute Gasteiger partial charge is 0.497 e. The van der Waals surface area contributed by atoms with Gasteiger partial charge in [0.1, 0.15) is 11.5 Å². The minimum absolute atomic E-state index is 0.100. The van der Waals surface area contributed by atoms with Crippen LogP contribution in [0.1, 0.15) is 44.6 Å². The Hall–Kier alpha value is -2.44. The maximum absolute atomic E-state index is 11.3. The SMILES string of the molecule is CCOC(=O)CCCCCCNC(=NC)N(C)Cc1ccc(OC)cc1OC. The fraction of sp³-hybridized carbons (Fsp3) is 0.619. The number of benzene rings is 1. The summed E-state index contributed by atoms with van der Waals surface area (Å²) in [6.45, 7) is 3.80. The number of aliphatic imine (C=N–C) groups is 1. The lowest BCUT2D eigenvalue weighted by Crippen LogP contribution is -2.38. The van der Waals surface area contributed by atoms with Crippen LogP contribution in [0.5, 0.6) is 11.5 Å². The van der Waals surface area contributed by atoms with Gasteiger partial charge < -0.3 is 24.4 Å². The van der Waals surface area contributed by atoms with Crippen LogP contribution in [0.4, 0.5) is 0 Å². The lowest BCUT2D eigenvalue weighted by Gasteiger charge is -2.23. The predicted octanol–water partition coefficient (Wildman–Crippen LogP) is 3.22. The third kappa shape index (κ3) is 8.50. The van der Waals surface area contributed by atoms with E-state index in [4.69, 9.17) is 14.2 Å². The summed E-state index contributed by atoms with van der Waals surface area (Å²) in [5.74, 6) is 2.30. The van der Waals surface area contributed by atoms with Gasteiger partial charge in [-0.1, -0.05) is 12.8 Å². The first-order valence-electron chi connectivity index (χ1n) is 9.84. The van der Waals surface area contributed by atoms with Gasteiger partial charge in [0.25, 0.3) is 0 Å². The summed E-state index contributed by atoms with van der Waals surface area (Å²) in [5, 5.41) is 3.39. The van der Waals surface area contributed by atoms with Gasteiger partial charge in [-0.2, -0.15) is 0 Å². The lowest BCUT2D eigenvalue weighted by molar-refractivity contribution is -0.143. The Balaban J connectivity index is 2.36. The molecular weight excluding hydrogens is 358 g/mol. The van der Waals surface area contributed by atoms with Crippen LogP contribution >= 0.6 is 0 Å². The highest BCUT2D eigenvalue weighted by Crippen LogP contribution is 2.25. The summed E-state index contributed by atoms with van der Waals surface area (Å²) in [4.78, 5) is 17.7. The Morgan fingerprint density at radius 3 is 2.54 bits per heavy atom. The van der Waals surface area contributed by atoms with E-state index in [2.05, 4.69) is 15.2 Å². The molecule has 0 bridgehead atoms. The Kier molecular flexibility index (Phi) is 11.5. The number of ether oxygens (including phenoxy) is 3. The molecule has 0 aliphatic rings. The van der Waals surface area contributed by atoms with Crippen LogP contribution in [0, 0.1) is 0 Å². The van der Waals surface area contributed by atoms with Crippen molar-refractivity contribution >= 4 is 11.9 Å². The summed E-state index contributed by atoms with van der Waals surface area (Å²) < 4.78 is 15.7. The van der Waals surface area contributed by atoms with Gasteiger partial charge in [-0.25, -0.2) is 0 Å². The van der Waals surface area contributed by atoms with E-state index in [1.807, 2.05) is 32.2 Å². The van der Waals surface area contributed by atoms with Gasteiger partial charge in [0, 0.05) is 45.2 Å². The van der Waals surface area contributed by atoms with Crippen LogP contribution in [0.2, 0.25) is 0 Å². The lowest BCUT2D eigenvalue weighted by atomic mass is 10.1. The molecule has 0 heterocycles. The van der Waals surface area contributed by atoms with Gasteiger partial charge in [0.05, 0.1) is 20.8 Å². The van der Waals surface area contributed by atoms with Crippen LogP contribution in [-0.4, -0.2) is 58.3 Å². The van der Waals surface area contributed by atoms with Gasteiger partial charge in [-0.05, 0) is 31.9 Å². The number of unbranched alkanes of at least 4 members (excludes halogenated alkanes) is 3. The number of methoxy groups -OCH3 is 2. The molecule has 0 aliphatic carbocycles. The average molecular weight is 394 g/mol. The fourth-order valence-corrected chi connectivity index (χ4v) is 2.88. The Morgan fingerprint density at radius 1 is 1.14 bits per heavy atom. The molecule has 1 rings (SSSR count). The molecule has 1 N–H and O–H groups in total. The molecule has 0 aliphatic heterocycles. The first kappa shape index (κ1) is 23.6. The number of rotatable bonds is 12. The number of guanidine groups is 1. The predicted molar refractivity (Wildman–Crippen MR) is 112 cm³/mol. The van der Waals surface area contributed by atoms with Crippen molar-refractivity contribution in [3.8, 4) is 11.5 Å². The number of esters is 1. The average Bonchev–Trinajstić information content (AvgIpc) is 2.70. The normalized spacial score (nSPS) is 11.1. The molecule has 1 aromatic carbocycles. The fourth-order valence-electron chi connectivity index (χ4n) is 2.88. The maximum atomic E-state index is 11.3. The maximum Gasteiger partial charge on any atom is 0.305 e. The summed E-state index contributed by atoms with van der Waals surface area (Å²) in [7, 11) is 7.08. The molecule has 0 amide bonds. The topological polar surface area (TPSA) is 72.4 Å². The number of hydrogen-bond donors (Lipinski definition) is 1. The third-order valence-corrected chi connectivity index (χ3v) is 4.37. The van der Waals surface area contributed by atoms with E-state index >= 15 is 0 Å². The van der Waals surface area contributed by atoms with E-state index in [1.165, 1.54) is 0 Å². The Bertz CT molecular complexity index is 620. The standard InChI is InChI=1S/C21H35N3O4/c1-6-28-20(25)11-9-7-8-10-14-23-21(22-2)24(3)16-17-12-13-18(26-4)15-19(17)27-5/h12-13,15H,6-11,14,16H2,1-5H3,(H,22,23). The van der Waals surface area contributed by atoms with E-state index in [0.717, 1.165) is 55.3 Å². The van der Waals surface area contributed by atoms with Crippen molar-refractivity contribution in [1.29, 1.82) is 0 Å². The molecule has 0 saturated carbocycles. The van der Waals surface area contributed by atoms with Crippen LogP contribution in [-0.2, 0) is 16.1 Å². The minimum Gasteiger partial charge on any atom is -0.497 e. The van der Waals surface area contributed by atoms with Crippen molar-refractivity contribution < 1.29 is 19.0 Å². The monoisotopic (exact) mass is 393 g/mol. The number of carbonyl (C=O) groups excluding carboxylic acids is 1. The van der Waals surface area contributed by atoms with Crippen LogP contribution in [0.25, 0.3) is 0 Å². The van der Waals surface area contributed by atoms with Crippen molar-refractivity contribution in [2.45, 2.75) is 45.6 Å². The molecule has 7 heteroatoms. The van der Waals surface area contributed by atoms with Crippen LogP contribution in [0.15, 0.2) is 23.2 Å².